The second kappa shape index (κ2) is 5.35. The van der Waals surface area contributed by atoms with Crippen molar-refractivity contribution in [3.8, 4) is 0 Å². The predicted octanol–water partition coefficient (Wildman–Crippen LogP) is 1.51. The summed E-state index contributed by atoms with van der Waals surface area (Å²) in [6, 6.07) is 0.801. The zero-order valence-corrected chi connectivity index (χ0v) is 9.33. The Hall–Kier alpha value is -0.570. The summed E-state index contributed by atoms with van der Waals surface area (Å²) in [5.74, 6) is 0.285. The summed E-state index contributed by atoms with van der Waals surface area (Å²) in [6.07, 6.45) is 5.90. The highest BCUT2D eigenvalue weighted by Gasteiger charge is 2.24. The van der Waals surface area contributed by atoms with Crippen LogP contribution in [-0.4, -0.2) is 29.9 Å². The second-order valence-corrected chi connectivity index (χ2v) is 4.32. The number of nitrogens with zero attached hydrogens (tertiary/aromatic N) is 1. The van der Waals surface area contributed by atoms with Gasteiger partial charge in [-0.15, -0.1) is 0 Å². The maximum absolute atomic E-state index is 11.6. The third kappa shape index (κ3) is 2.98. The van der Waals surface area contributed by atoms with Gasteiger partial charge in [-0.1, -0.05) is 6.92 Å². The fourth-order valence-electron chi connectivity index (χ4n) is 2.08. The van der Waals surface area contributed by atoms with Gasteiger partial charge < -0.3 is 10.6 Å². The largest absolute Gasteiger partial charge is 0.343 e. The number of hydrogen-bond donors (Lipinski definition) is 1. The normalized spacial score (nSPS) is 27.4. The van der Waals surface area contributed by atoms with Crippen LogP contribution < -0.4 is 5.73 Å². The Balaban J connectivity index is 2.37. The summed E-state index contributed by atoms with van der Waals surface area (Å²) >= 11 is 0. The molecule has 1 saturated carbocycles. The molecule has 0 unspecified atom stereocenters. The summed E-state index contributed by atoms with van der Waals surface area (Å²) in [6.45, 7) is 2.04. The Morgan fingerprint density at radius 2 is 1.93 bits per heavy atom. The monoisotopic (exact) mass is 198 g/mol. The van der Waals surface area contributed by atoms with Crippen LogP contribution in [0.1, 0.15) is 45.4 Å². The van der Waals surface area contributed by atoms with Crippen LogP contribution in [0, 0.1) is 0 Å². The average molecular weight is 198 g/mol. The maximum atomic E-state index is 11.6. The average Bonchev–Trinajstić information content (AvgIpc) is 2.18. The van der Waals surface area contributed by atoms with Crippen LogP contribution in [0.25, 0.3) is 0 Å². The van der Waals surface area contributed by atoms with Gasteiger partial charge in [-0.3, -0.25) is 4.79 Å². The van der Waals surface area contributed by atoms with Gasteiger partial charge in [0.05, 0.1) is 0 Å². The number of nitrogens with two attached hydrogens (primary N) is 1. The van der Waals surface area contributed by atoms with Gasteiger partial charge in [-0.2, -0.15) is 0 Å². The van der Waals surface area contributed by atoms with E-state index >= 15 is 0 Å². The first-order valence-electron chi connectivity index (χ1n) is 5.66. The molecule has 2 N–H and O–H groups in total. The lowest BCUT2D eigenvalue weighted by molar-refractivity contribution is -0.132. The fraction of sp³-hybridized carbons (Fsp3) is 0.909. The van der Waals surface area contributed by atoms with Gasteiger partial charge in [0.2, 0.25) is 5.91 Å². The van der Waals surface area contributed by atoms with Crippen molar-refractivity contribution in [2.45, 2.75) is 57.5 Å². The van der Waals surface area contributed by atoms with Crippen LogP contribution >= 0.6 is 0 Å². The minimum absolute atomic E-state index is 0.285. The molecule has 1 aliphatic carbocycles. The molecular formula is C11H22N2O. The van der Waals surface area contributed by atoms with E-state index in [1.54, 1.807) is 0 Å². The highest BCUT2D eigenvalue weighted by molar-refractivity contribution is 5.76. The van der Waals surface area contributed by atoms with Crippen molar-refractivity contribution in [3.63, 3.8) is 0 Å². The number of hydrogen-bond acceptors (Lipinski definition) is 2. The Kier molecular flexibility index (Phi) is 4.39. The van der Waals surface area contributed by atoms with Gasteiger partial charge in [-0.05, 0) is 32.1 Å². The van der Waals surface area contributed by atoms with Gasteiger partial charge in [0, 0.05) is 25.6 Å². The summed E-state index contributed by atoms with van der Waals surface area (Å²) in [4.78, 5) is 13.5. The zero-order valence-electron chi connectivity index (χ0n) is 9.33. The summed E-state index contributed by atoms with van der Waals surface area (Å²) < 4.78 is 0. The van der Waals surface area contributed by atoms with E-state index in [1.807, 2.05) is 18.9 Å². The van der Waals surface area contributed by atoms with E-state index in [4.69, 9.17) is 5.73 Å². The van der Waals surface area contributed by atoms with Crippen molar-refractivity contribution >= 4 is 5.91 Å². The molecule has 3 nitrogen and oxygen atoms in total. The molecule has 0 aromatic heterocycles. The van der Waals surface area contributed by atoms with E-state index in [2.05, 4.69) is 0 Å². The van der Waals surface area contributed by atoms with Crippen molar-refractivity contribution < 1.29 is 4.79 Å². The van der Waals surface area contributed by atoms with Crippen LogP contribution in [0.5, 0.6) is 0 Å². The van der Waals surface area contributed by atoms with Crippen molar-refractivity contribution in [2.24, 2.45) is 5.73 Å². The van der Waals surface area contributed by atoms with Crippen LogP contribution in [0.4, 0.5) is 0 Å². The maximum Gasteiger partial charge on any atom is 0.222 e. The summed E-state index contributed by atoms with van der Waals surface area (Å²) in [7, 11) is 1.93. The number of carbonyl (C=O) groups excluding carboxylic acids is 1. The molecule has 0 aliphatic heterocycles. The second-order valence-electron chi connectivity index (χ2n) is 4.32. The molecule has 1 amide bonds. The Morgan fingerprint density at radius 1 is 1.36 bits per heavy atom. The molecule has 0 aromatic rings. The smallest absolute Gasteiger partial charge is 0.222 e. The predicted molar refractivity (Wildman–Crippen MR) is 57.9 cm³/mol. The van der Waals surface area contributed by atoms with E-state index < -0.39 is 0 Å². The molecule has 1 aliphatic rings. The van der Waals surface area contributed by atoms with Gasteiger partial charge >= 0.3 is 0 Å². The van der Waals surface area contributed by atoms with E-state index in [1.165, 1.54) is 0 Å². The van der Waals surface area contributed by atoms with Crippen molar-refractivity contribution in [1.29, 1.82) is 0 Å². The minimum atomic E-state index is 0.285. The van der Waals surface area contributed by atoms with Crippen molar-refractivity contribution in [3.05, 3.63) is 0 Å². The molecule has 0 heterocycles. The minimum Gasteiger partial charge on any atom is -0.343 e. The topological polar surface area (TPSA) is 46.3 Å². The van der Waals surface area contributed by atoms with Crippen molar-refractivity contribution in [1.82, 2.24) is 4.90 Å². The zero-order chi connectivity index (χ0) is 10.6. The molecule has 0 aromatic carbocycles. The number of amides is 1. The lowest BCUT2D eigenvalue weighted by Gasteiger charge is -2.33. The Labute approximate surface area is 86.6 Å². The van der Waals surface area contributed by atoms with Gasteiger partial charge in [0.1, 0.15) is 0 Å². The molecule has 1 fully saturated rings. The molecule has 1 rings (SSSR count). The standard InChI is InChI=1S/C11H22N2O/c1-3-4-11(14)13(2)10-7-5-9(12)6-8-10/h9-10H,3-8,12H2,1-2H3. The molecule has 0 radical (unpaired) electrons. The molecule has 0 saturated heterocycles. The molecule has 82 valence electrons. The lowest BCUT2D eigenvalue weighted by atomic mass is 9.91. The van der Waals surface area contributed by atoms with E-state index in [0.29, 0.717) is 18.5 Å². The van der Waals surface area contributed by atoms with Gasteiger partial charge in [-0.25, -0.2) is 0 Å². The van der Waals surface area contributed by atoms with Crippen LogP contribution in [0.3, 0.4) is 0 Å². The first kappa shape index (κ1) is 11.5. The number of carbonyl (C=O) groups is 1. The Morgan fingerprint density at radius 3 is 2.43 bits per heavy atom. The summed E-state index contributed by atoms with van der Waals surface area (Å²) in [5.41, 5.74) is 5.83. The quantitative estimate of drug-likeness (QED) is 0.747. The van der Waals surface area contributed by atoms with Crippen LogP contribution in [-0.2, 0) is 4.79 Å². The summed E-state index contributed by atoms with van der Waals surface area (Å²) in [5, 5.41) is 0. The SMILES string of the molecule is CCCC(=O)N(C)C1CCC(N)CC1. The third-order valence-electron chi connectivity index (χ3n) is 3.15. The molecule has 0 atom stereocenters. The van der Waals surface area contributed by atoms with Crippen molar-refractivity contribution in [2.75, 3.05) is 7.05 Å². The fourth-order valence-corrected chi connectivity index (χ4v) is 2.08. The first-order chi connectivity index (χ1) is 6.65. The molecule has 0 spiro atoms. The third-order valence-corrected chi connectivity index (χ3v) is 3.15. The van der Waals surface area contributed by atoms with E-state index in [9.17, 15) is 4.79 Å². The molecule has 0 bridgehead atoms. The van der Waals surface area contributed by atoms with E-state index in [-0.39, 0.29) is 5.91 Å². The highest BCUT2D eigenvalue weighted by Crippen LogP contribution is 2.21. The molecule has 3 heteroatoms. The van der Waals surface area contributed by atoms with E-state index in [0.717, 1.165) is 32.1 Å². The highest BCUT2D eigenvalue weighted by atomic mass is 16.2. The molecular weight excluding hydrogens is 176 g/mol. The Bertz CT molecular complexity index is 186. The molecule has 14 heavy (non-hydrogen) atoms. The number of rotatable bonds is 3. The van der Waals surface area contributed by atoms with Crippen LogP contribution in [0.15, 0.2) is 0 Å². The van der Waals surface area contributed by atoms with Gasteiger partial charge in [0.25, 0.3) is 0 Å². The lowest BCUT2D eigenvalue weighted by Crippen LogP contribution is -2.41. The first-order valence-corrected chi connectivity index (χ1v) is 5.66. The van der Waals surface area contributed by atoms with Crippen LogP contribution in [0.2, 0.25) is 0 Å². The van der Waals surface area contributed by atoms with Gasteiger partial charge in [0.15, 0.2) is 0 Å².